The lowest BCUT2D eigenvalue weighted by Gasteiger charge is -2.13. The van der Waals surface area contributed by atoms with Crippen LogP contribution in [0.5, 0.6) is 0 Å². The molecule has 0 saturated heterocycles. The molecular weight excluding hydrogens is 160 g/mol. The largest absolute Gasteiger partial charge is 0.393 e. The zero-order valence-corrected chi connectivity index (χ0v) is 8.33. The fourth-order valence-corrected chi connectivity index (χ4v) is 1.24. The van der Waals surface area contributed by atoms with Crippen molar-refractivity contribution in [2.24, 2.45) is 0 Å². The first kappa shape index (κ1) is 10.3. The Kier molecular flexibility index (Phi) is 3.97. The van der Waals surface area contributed by atoms with Crippen LogP contribution in [0.25, 0.3) is 0 Å². The molecule has 0 heterocycles. The second-order valence-electron chi connectivity index (χ2n) is 3.62. The summed E-state index contributed by atoms with van der Waals surface area (Å²) in [5.74, 6) is 1.09. The van der Waals surface area contributed by atoms with Crippen molar-refractivity contribution in [1.82, 2.24) is 0 Å². The lowest BCUT2D eigenvalue weighted by atomic mass is 9.99. The molecule has 1 rings (SSSR count). The Hall–Kier alpha value is -0.820. The van der Waals surface area contributed by atoms with Gasteiger partial charge in [0.1, 0.15) is 0 Å². The van der Waals surface area contributed by atoms with E-state index in [1.165, 1.54) is 5.56 Å². The van der Waals surface area contributed by atoms with Crippen LogP contribution in [0.4, 0.5) is 0 Å². The van der Waals surface area contributed by atoms with E-state index < -0.39 is 0 Å². The second kappa shape index (κ2) is 5.03. The molecule has 0 aliphatic rings. The zero-order chi connectivity index (χ0) is 9.68. The highest BCUT2D eigenvalue weighted by atomic mass is 16.3. The summed E-state index contributed by atoms with van der Waals surface area (Å²) in [7, 11) is 0. The number of rotatable bonds is 4. The van der Waals surface area contributed by atoms with Gasteiger partial charge in [0, 0.05) is 0 Å². The SMILES string of the molecule is C[C](C)C(O)CCc1ccccc1. The molecule has 13 heavy (non-hydrogen) atoms. The van der Waals surface area contributed by atoms with Gasteiger partial charge in [0.25, 0.3) is 0 Å². The molecule has 0 spiro atoms. The van der Waals surface area contributed by atoms with Crippen LogP contribution in [-0.2, 0) is 6.42 Å². The number of aryl methyl sites for hydroxylation is 1. The zero-order valence-electron chi connectivity index (χ0n) is 8.33. The summed E-state index contributed by atoms with van der Waals surface area (Å²) >= 11 is 0. The van der Waals surface area contributed by atoms with E-state index in [2.05, 4.69) is 12.1 Å². The Morgan fingerprint density at radius 3 is 2.38 bits per heavy atom. The quantitative estimate of drug-likeness (QED) is 0.749. The lowest BCUT2D eigenvalue weighted by Crippen LogP contribution is -2.13. The smallest absolute Gasteiger partial charge is 0.0600 e. The Bertz CT molecular complexity index is 228. The minimum Gasteiger partial charge on any atom is -0.393 e. The van der Waals surface area contributed by atoms with E-state index in [1.54, 1.807) is 0 Å². The highest BCUT2D eigenvalue weighted by Gasteiger charge is 2.08. The molecule has 1 heteroatoms. The molecule has 71 valence electrons. The fourth-order valence-electron chi connectivity index (χ4n) is 1.24. The maximum absolute atomic E-state index is 9.55. The molecule has 1 atom stereocenters. The molecule has 1 unspecified atom stereocenters. The Morgan fingerprint density at radius 1 is 1.23 bits per heavy atom. The van der Waals surface area contributed by atoms with Gasteiger partial charge >= 0.3 is 0 Å². The number of benzene rings is 1. The average Bonchev–Trinajstić information content (AvgIpc) is 2.15. The van der Waals surface area contributed by atoms with Crippen molar-refractivity contribution in [3.8, 4) is 0 Å². The van der Waals surface area contributed by atoms with Crippen LogP contribution >= 0.6 is 0 Å². The minimum absolute atomic E-state index is 0.250. The van der Waals surface area contributed by atoms with E-state index >= 15 is 0 Å². The molecule has 0 aliphatic heterocycles. The first-order valence-electron chi connectivity index (χ1n) is 4.72. The van der Waals surface area contributed by atoms with Gasteiger partial charge in [-0.05, 0) is 24.3 Å². The van der Waals surface area contributed by atoms with Crippen LogP contribution in [0.15, 0.2) is 30.3 Å². The molecule has 0 aliphatic carbocycles. The monoisotopic (exact) mass is 177 g/mol. The first-order chi connectivity index (χ1) is 6.20. The van der Waals surface area contributed by atoms with Crippen molar-refractivity contribution in [1.29, 1.82) is 0 Å². The van der Waals surface area contributed by atoms with Gasteiger partial charge in [-0.3, -0.25) is 0 Å². The van der Waals surface area contributed by atoms with Crippen molar-refractivity contribution in [2.45, 2.75) is 32.8 Å². The van der Waals surface area contributed by atoms with Crippen molar-refractivity contribution in [3.63, 3.8) is 0 Å². The molecule has 0 amide bonds. The third-order valence-corrected chi connectivity index (χ3v) is 2.22. The van der Waals surface area contributed by atoms with Crippen LogP contribution in [0.1, 0.15) is 25.8 Å². The Labute approximate surface area is 80.4 Å². The van der Waals surface area contributed by atoms with Crippen LogP contribution in [0.3, 0.4) is 0 Å². The molecule has 0 saturated carbocycles. The van der Waals surface area contributed by atoms with E-state index in [0.717, 1.165) is 18.8 Å². The Morgan fingerprint density at radius 2 is 1.85 bits per heavy atom. The molecule has 1 nitrogen and oxygen atoms in total. The maximum Gasteiger partial charge on any atom is 0.0600 e. The van der Waals surface area contributed by atoms with E-state index in [0.29, 0.717) is 0 Å². The van der Waals surface area contributed by atoms with Gasteiger partial charge < -0.3 is 5.11 Å². The maximum atomic E-state index is 9.55. The van der Waals surface area contributed by atoms with Gasteiger partial charge in [-0.2, -0.15) is 0 Å². The van der Waals surface area contributed by atoms with Crippen LogP contribution in [0, 0.1) is 5.92 Å². The van der Waals surface area contributed by atoms with Gasteiger partial charge in [0.2, 0.25) is 0 Å². The summed E-state index contributed by atoms with van der Waals surface area (Å²) < 4.78 is 0. The number of hydrogen-bond donors (Lipinski definition) is 1. The molecule has 1 aromatic carbocycles. The summed E-state index contributed by atoms with van der Waals surface area (Å²) in [6.07, 6.45) is 1.53. The van der Waals surface area contributed by atoms with Crippen LogP contribution < -0.4 is 0 Å². The Balaban J connectivity index is 2.35. The molecule has 0 bridgehead atoms. The summed E-state index contributed by atoms with van der Waals surface area (Å²) in [5, 5.41) is 9.55. The molecule has 1 N–H and O–H groups in total. The predicted molar refractivity (Wildman–Crippen MR) is 55.4 cm³/mol. The van der Waals surface area contributed by atoms with E-state index in [9.17, 15) is 5.11 Å². The van der Waals surface area contributed by atoms with Gasteiger partial charge in [-0.25, -0.2) is 0 Å². The number of aliphatic hydroxyl groups is 1. The summed E-state index contributed by atoms with van der Waals surface area (Å²) in [6.45, 7) is 3.94. The molecular formula is C12H17O. The van der Waals surface area contributed by atoms with Crippen molar-refractivity contribution >= 4 is 0 Å². The molecule has 0 fully saturated rings. The van der Waals surface area contributed by atoms with E-state index in [-0.39, 0.29) is 6.10 Å². The number of aliphatic hydroxyl groups excluding tert-OH is 1. The van der Waals surface area contributed by atoms with E-state index in [4.69, 9.17) is 0 Å². The molecule has 0 aromatic heterocycles. The van der Waals surface area contributed by atoms with Gasteiger partial charge in [0.05, 0.1) is 6.10 Å². The van der Waals surface area contributed by atoms with Crippen molar-refractivity contribution in [2.75, 3.05) is 0 Å². The third kappa shape index (κ3) is 3.60. The standard InChI is InChI=1S/C12H17O/c1-10(2)12(13)9-8-11-6-4-3-5-7-11/h3-7,12-13H,8-9H2,1-2H3. The third-order valence-electron chi connectivity index (χ3n) is 2.22. The number of hydrogen-bond acceptors (Lipinski definition) is 1. The second-order valence-corrected chi connectivity index (χ2v) is 3.62. The van der Waals surface area contributed by atoms with E-state index in [1.807, 2.05) is 32.0 Å². The lowest BCUT2D eigenvalue weighted by molar-refractivity contribution is 0.179. The van der Waals surface area contributed by atoms with Crippen LogP contribution in [-0.4, -0.2) is 11.2 Å². The fraction of sp³-hybridized carbons (Fsp3) is 0.417. The highest BCUT2D eigenvalue weighted by Crippen LogP contribution is 2.11. The topological polar surface area (TPSA) is 20.2 Å². The minimum atomic E-state index is -0.250. The summed E-state index contributed by atoms with van der Waals surface area (Å²) in [5.41, 5.74) is 1.29. The van der Waals surface area contributed by atoms with Crippen molar-refractivity contribution < 1.29 is 5.11 Å². The predicted octanol–water partition coefficient (Wildman–Crippen LogP) is 2.59. The molecule has 1 radical (unpaired) electrons. The molecule has 1 aromatic rings. The highest BCUT2D eigenvalue weighted by molar-refractivity contribution is 5.15. The first-order valence-corrected chi connectivity index (χ1v) is 4.72. The summed E-state index contributed by atoms with van der Waals surface area (Å²) in [4.78, 5) is 0. The van der Waals surface area contributed by atoms with Gasteiger partial charge in [0.15, 0.2) is 0 Å². The van der Waals surface area contributed by atoms with Crippen molar-refractivity contribution in [3.05, 3.63) is 41.8 Å². The van der Waals surface area contributed by atoms with Crippen LogP contribution in [0.2, 0.25) is 0 Å². The van der Waals surface area contributed by atoms with Gasteiger partial charge in [-0.15, -0.1) is 0 Å². The average molecular weight is 177 g/mol. The summed E-state index contributed by atoms with van der Waals surface area (Å²) in [6, 6.07) is 10.3. The normalized spacial score (nSPS) is 13.2. The van der Waals surface area contributed by atoms with Gasteiger partial charge in [-0.1, -0.05) is 44.2 Å².